The van der Waals surface area contributed by atoms with E-state index in [-0.39, 0.29) is 10.7 Å². The molecule has 2 rings (SSSR count). The second-order valence-electron chi connectivity index (χ2n) is 3.70. The molecule has 1 aromatic heterocycles. The minimum atomic E-state index is -0.103. The predicted molar refractivity (Wildman–Crippen MR) is 60.8 cm³/mol. The van der Waals surface area contributed by atoms with Gasteiger partial charge in [-0.25, -0.2) is 4.98 Å². The Morgan fingerprint density at radius 2 is 2.12 bits per heavy atom. The van der Waals surface area contributed by atoms with Gasteiger partial charge in [-0.1, -0.05) is 11.6 Å². The van der Waals surface area contributed by atoms with E-state index in [0.717, 1.165) is 32.8 Å². The van der Waals surface area contributed by atoms with E-state index in [0.29, 0.717) is 6.54 Å². The molecule has 2 heterocycles. The Hall–Kier alpha value is -0.910. The highest BCUT2D eigenvalue weighted by molar-refractivity contribution is 6.29. The largest absolute Gasteiger partial charge is 0.379 e. The first-order valence-electron chi connectivity index (χ1n) is 5.28. The zero-order chi connectivity index (χ0) is 11.4. The van der Waals surface area contributed by atoms with Gasteiger partial charge in [0, 0.05) is 32.2 Å². The molecule has 1 aromatic rings. The Morgan fingerprint density at radius 1 is 1.38 bits per heavy atom. The van der Waals surface area contributed by atoms with Crippen molar-refractivity contribution >= 4 is 11.6 Å². The first kappa shape index (κ1) is 11.6. The number of hydrogen-bond donors (Lipinski definition) is 0. The fourth-order valence-corrected chi connectivity index (χ4v) is 1.78. The van der Waals surface area contributed by atoms with Gasteiger partial charge in [0.1, 0.15) is 5.15 Å². The smallest absolute Gasteiger partial charge is 0.254 e. The second kappa shape index (κ2) is 5.43. The Bertz CT molecular complexity index is 401. The molecule has 0 aromatic carbocycles. The van der Waals surface area contributed by atoms with Gasteiger partial charge in [0.25, 0.3) is 5.56 Å². The van der Waals surface area contributed by atoms with Gasteiger partial charge >= 0.3 is 0 Å². The molecule has 0 radical (unpaired) electrons. The van der Waals surface area contributed by atoms with Crippen molar-refractivity contribution in [1.82, 2.24) is 14.5 Å². The molecule has 0 unspecified atom stereocenters. The Kier molecular flexibility index (Phi) is 3.93. The molecule has 1 aliphatic rings. The van der Waals surface area contributed by atoms with Crippen LogP contribution in [0.15, 0.2) is 17.2 Å². The standard InChI is InChI=1S/C10H14ClN3O2/c11-9-7-10(15)14(8-12-9)2-1-13-3-5-16-6-4-13/h7-8H,1-6H2. The van der Waals surface area contributed by atoms with Gasteiger partial charge in [-0.15, -0.1) is 0 Å². The molecular weight excluding hydrogens is 230 g/mol. The van der Waals surface area contributed by atoms with Gasteiger partial charge in [0.2, 0.25) is 0 Å². The number of morpholine rings is 1. The summed E-state index contributed by atoms with van der Waals surface area (Å²) < 4.78 is 6.82. The molecule has 6 heteroatoms. The van der Waals surface area contributed by atoms with Crippen LogP contribution in [-0.4, -0.2) is 47.3 Å². The fraction of sp³-hybridized carbons (Fsp3) is 0.600. The van der Waals surface area contributed by atoms with Gasteiger partial charge < -0.3 is 4.74 Å². The molecule has 0 atom stereocenters. The zero-order valence-electron chi connectivity index (χ0n) is 8.93. The minimum Gasteiger partial charge on any atom is -0.379 e. The van der Waals surface area contributed by atoms with Crippen molar-refractivity contribution < 1.29 is 4.74 Å². The summed E-state index contributed by atoms with van der Waals surface area (Å²) in [6, 6.07) is 1.33. The van der Waals surface area contributed by atoms with E-state index in [2.05, 4.69) is 9.88 Å². The third kappa shape index (κ3) is 3.04. The summed E-state index contributed by atoms with van der Waals surface area (Å²) in [5.74, 6) is 0. The molecule has 5 nitrogen and oxygen atoms in total. The normalized spacial score (nSPS) is 17.6. The van der Waals surface area contributed by atoms with Gasteiger partial charge in [-0.3, -0.25) is 14.3 Å². The zero-order valence-corrected chi connectivity index (χ0v) is 9.69. The topological polar surface area (TPSA) is 47.4 Å². The van der Waals surface area contributed by atoms with Crippen molar-refractivity contribution in [2.24, 2.45) is 0 Å². The molecule has 88 valence electrons. The van der Waals surface area contributed by atoms with E-state index in [1.165, 1.54) is 12.4 Å². The number of nitrogens with zero attached hydrogens (tertiary/aromatic N) is 3. The summed E-state index contributed by atoms with van der Waals surface area (Å²) in [6.45, 7) is 4.88. The van der Waals surface area contributed by atoms with Crippen molar-refractivity contribution in [2.75, 3.05) is 32.8 Å². The summed E-state index contributed by atoms with van der Waals surface area (Å²) in [4.78, 5) is 17.7. The van der Waals surface area contributed by atoms with Crippen LogP contribution in [0.2, 0.25) is 5.15 Å². The quantitative estimate of drug-likeness (QED) is 0.713. The molecule has 16 heavy (non-hydrogen) atoms. The molecular formula is C10H14ClN3O2. The Morgan fingerprint density at radius 3 is 2.81 bits per heavy atom. The van der Waals surface area contributed by atoms with Crippen LogP contribution >= 0.6 is 11.6 Å². The van der Waals surface area contributed by atoms with E-state index in [4.69, 9.17) is 16.3 Å². The highest BCUT2D eigenvalue weighted by atomic mass is 35.5. The number of aromatic nitrogens is 2. The molecule has 0 spiro atoms. The number of halogens is 1. The number of rotatable bonds is 3. The fourth-order valence-electron chi connectivity index (χ4n) is 1.65. The molecule has 1 aliphatic heterocycles. The third-order valence-corrected chi connectivity index (χ3v) is 2.81. The van der Waals surface area contributed by atoms with Gasteiger partial charge in [-0.05, 0) is 0 Å². The lowest BCUT2D eigenvalue weighted by Crippen LogP contribution is -2.39. The first-order chi connectivity index (χ1) is 7.75. The lowest BCUT2D eigenvalue weighted by Gasteiger charge is -2.26. The van der Waals surface area contributed by atoms with Gasteiger partial charge in [0.15, 0.2) is 0 Å². The highest BCUT2D eigenvalue weighted by Crippen LogP contribution is 1.99. The summed E-state index contributed by atoms with van der Waals surface area (Å²) in [7, 11) is 0. The Labute approximate surface area is 98.6 Å². The lowest BCUT2D eigenvalue weighted by atomic mass is 10.4. The van der Waals surface area contributed by atoms with Crippen LogP contribution < -0.4 is 5.56 Å². The summed E-state index contributed by atoms with van der Waals surface area (Å²) in [5, 5.41) is 0.243. The molecule has 0 aliphatic carbocycles. The van der Waals surface area contributed by atoms with Crippen LogP contribution in [0.3, 0.4) is 0 Å². The first-order valence-corrected chi connectivity index (χ1v) is 5.65. The van der Waals surface area contributed by atoms with Gasteiger partial charge in [0.05, 0.1) is 19.5 Å². The molecule has 0 saturated carbocycles. The maximum atomic E-state index is 11.5. The van der Waals surface area contributed by atoms with E-state index in [9.17, 15) is 4.79 Å². The van der Waals surface area contributed by atoms with Crippen LogP contribution in [0.5, 0.6) is 0 Å². The highest BCUT2D eigenvalue weighted by Gasteiger charge is 2.10. The number of hydrogen-bond acceptors (Lipinski definition) is 4. The average Bonchev–Trinajstić information content (AvgIpc) is 2.29. The summed E-state index contributed by atoms with van der Waals surface area (Å²) in [6.07, 6.45) is 1.49. The SMILES string of the molecule is O=c1cc(Cl)ncn1CCN1CCOCC1. The molecule has 0 N–H and O–H groups in total. The molecule has 1 saturated heterocycles. The van der Waals surface area contributed by atoms with Crippen molar-refractivity contribution in [2.45, 2.75) is 6.54 Å². The van der Waals surface area contributed by atoms with Crippen LogP contribution in [0.4, 0.5) is 0 Å². The van der Waals surface area contributed by atoms with E-state index in [1.807, 2.05) is 0 Å². The van der Waals surface area contributed by atoms with Crippen LogP contribution in [0.1, 0.15) is 0 Å². The average molecular weight is 244 g/mol. The van der Waals surface area contributed by atoms with Gasteiger partial charge in [-0.2, -0.15) is 0 Å². The molecule has 0 bridgehead atoms. The Balaban J connectivity index is 1.91. The van der Waals surface area contributed by atoms with Crippen molar-refractivity contribution in [3.8, 4) is 0 Å². The second-order valence-corrected chi connectivity index (χ2v) is 4.08. The molecule has 1 fully saturated rings. The maximum Gasteiger partial charge on any atom is 0.254 e. The van der Waals surface area contributed by atoms with Crippen molar-refractivity contribution in [1.29, 1.82) is 0 Å². The van der Waals surface area contributed by atoms with E-state index >= 15 is 0 Å². The molecule has 0 amide bonds. The summed E-state index contributed by atoms with van der Waals surface area (Å²) in [5.41, 5.74) is -0.103. The summed E-state index contributed by atoms with van der Waals surface area (Å²) >= 11 is 5.61. The van der Waals surface area contributed by atoms with E-state index < -0.39 is 0 Å². The third-order valence-electron chi connectivity index (χ3n) is 2.61. The van der Waals surface area contributed by atoms with E-state index in [1.54, 1.807) is 4.57 Å². The van der Waals surface area contributed by atoms with Crippen LogP contribution in [0, 0.1) is 0 Å². The van der Waals surface area contributed by atoms with Crippen molar-refractivity contribution in [3.05, 3.63) is 27.9 Å². The monoisotopic (exact) mass is 243 g/mol. The lowest BCUT2D eigenvalue weighted by molar-refractivity contribution is 0.0362. The van der Waals surface area contributed by atoms with Crippen LogP contribution in [0.25, 0.3) is 0 Å². The van der Waals surface area contributed by atoms with Crippen LogP contribution in [-0.2, 0) is 11.3 Å². The predicted octanol–water partition coefficient (Wildman–Crippen LogP) is 0.229. The minimum absolute atomic E-state index is 0.103. The number of ether oxygens (including phenoxy) is 1. The maximum absolute atomic E-state index is 11.5. The van der Waals surface area contributed by atoms with Crippen molar-refractivity contribution in [3.63, 3.8) is 0 Å².